The summed E-state index contributed by atoms with van der Waals surface area (Å²) >= 11 is 0. The number of carbonyl (C=O) groups excluding carboxylic acids is 6. The normalized spacial score (nSPS) is 21.6. The van der Waals surface area contributed by atoms with Crippen LogP contribution in [0.1, 0.15) is 83.2 Å². The van der Waals surface area contributed by atoms with E-state index in [9.17, 15) is 38.7 Å². The molecular weight excluding hydrogens is 598 g/mol. The zero-order chi connectivity index (χ0) is 33.6. The molecule has 1 aromatic rings. The molecule has 1 aromatic carbocycles. The van der Waals surface area contributed by atoms with Crippen molar-refractivity contribution in [1.82, 2.24) is 26.2 Å². The van der Waals surface area contributed by atoms with Gasteiger partial charge in [-0.25, -0.2) is 9.59 Å². The second kappa shape index (κ2) is 17.9. The minimum absolute atomic E-state index is 0.121. The molecule has 0 aromatic heterocycles. The van der Waals surface area contributed by atoms with Gasteiger partial charge in [-0.1, -0.05) is 76.3 Å². The van der Waals surface area contributed by atoms with Gasteiger partial charge in [0, 0.05) is 6.54 Å². The highest BCUT2D eigenvalue weighted by atomic mass is 16.5. The van der Waals surface area contributed by atoms with E-state index in [-0.39, 0.29) is 18.9 Å². The van der Waals surface area contributed by atoms with Crippen molar-refractivity contribution in [2.45, 2.75) is 95.8 Å². The number of benzene rings is 1. The Kier molecular flexibility index (Phi) is 14.0. The molecule has 14 nitrogen and oxygen atoms in total. The Morgan fingerprint density at radius 3 is 2.30 bits per heavy atom. The van der Waals surface area contributed by atoms with E-state index in [1.165, 1.54) is 17.0 Å². The highest BCUT2D eigenvalue weighted by Gasteiger charge is 2.39. The molecule has 0 bridgehead atoms. The van der Waals surface area contributed by atoms with Gasteiger partial charge in [0.15, 0.2) is 6.04 Å². The van der Waals surface area contributed by atoms with Gasteiger partial charge in [0.25, 0.3) is 5.91 Å². The first-order chi connectivity index (χ1) is 22.0. The van der Waals surface area contributed by atoms with Gasteiger partial charge in [-0.2, -0.15) is 0 Å². The van der Waals surface area contributed by atoms with Crippen molar-refractivity contribution in [3.63, 3.8) is 0 Å². The number of hydrogen-bond donors (Lipinski definition) is 5. The number of amides is 5. The zero-order valence-electron chi connectivity index (χ0n) is 26.4. The van der Waals surface area contributed by atoms with Gasteiger partial charge < -0.3 is 36.0 Å². The van der Waals surface area contributed by atoms with Crippen LogP contribution in [-0.2, 0) is 33.5 Å². The monoisotopic (exact) mass is 643 g/mol. The Bertz CT molecular complexity index is 1260. The smallest absolute Gasteiger partial charge is 0.407 e. The summed E-state index contributed by atoms with van der Waals surface area (Å²) in [4.78, 5) is 91.0. The van der Waals surface area contributed by atoms with Crippen LogP contribution in [0, 0.1) is 5.92 Å². The Labute approximate surface area is 268 Å². The van der Waals surface area contributed by atoms with Gasteiger partial charge in [-0.05, 0) is 37.2 Å². The second-order valence-electron chi connectivity index (χ2n) is 12.1. The number of rotatable bonds is 10. The summed E-state index contributed by atoms with van der Waals surface area (Å²) in [6.07, 6.45) is 4.23. The van der Waals surface area contributed by atoms with Gasteiger partial charge in [-0.15, -0.1) is 0 Å². The van der Waals surface area contributed by atoms with E-state index in [0.717, 1.165) is 12.8 Å². The fourth-order valence-electron chi connectivity index (χ4n) is 5.50. The van der Waals surface area contributed by atoms with Gasteiger partial charge >= 0.3 is 12.1 Å². The van der Waals surface area contributed by atoms with Crippen LogP contribution in [0.2, 0.25) is 0 Å². The summed E-state index contributed by atoms with van der Waals surface area (Å²) in [5.74, 6) is -5.03. The van der Waals surface area contributed by atoms with Crippen LogP contribution in [0.25, 0.3) is 0 Å². The number of carbonyl (C=O) groups is 7. The van der Waals surface area contributed by atoms with Crippen LogP contribution in [0.5, 0.6) is 0 Å². The lowest BCUT2D eigenvalue weighted by atomic mass is 9.99. The van der Waals surface area contributed by atoms with Gasteiger partial charge in [-0.3, -0.25) is 24.0 Å². The third kappa shape index (κ3) is 10.8. The summed E-state index contributed by atoms with van der Waals surface area (Å²) < 4.78 is 5.22. The molecule has 2 saturated heterocycles. The molecule has 2 aliphatic rings. The van der Waals surface area contributed by atoms with E-state index in [0.29, 0.717) is 50.6 Å². The predicted octanol–water partition coefficient (Wildman–Crippen LogP) is 1.58. The minimum Gasteiger partial charge on any atom is -0.479 e. The number of nitrogens with zero attached hydrogens (tertiary/aromatic N) is 1. The third-order valence-corrected chi connectivity index (χ3v) is 7.91. The Morgan fingerprint density at radius 1 is 0.957 bits per heavy atom. The average Bonchev–Trinajstić information content (AvgIpc) is 3.53. The van der Waals surface area contributed by atoms with Crippen LogP contribution in [0.15, 0.2) is 30.3 Å². The fraction of sp³-hybridized carbons (Fsp3) is 0.594. The SMILES string of the molecule is CC(C)COC(=O)N[C@@H]1CCCCCCCC(C(=O)C(=O)NCC(=O)N[C@H](C(=O)O)c2ccccc2)NC(=O)[C@@H]2CCCN2C1=O. The maximum atomic E-state index is 13.6. The lowest BCUT2D eigenvalue weighted by molar-refractivity contribution is -0.143. The minimum atomic E-state index is -1.35. The Morgan fingerprint density at radius 2 is 1.63 bits per heavy atom. The van der Waals surface area contributed by atoms with E-state index in [1.54, 1.807) is 18.2 Å². The van der Waals surface area contributed by atoms with Crippen LogP contribution in [0.4, 0.5) is 4.79 Å². The first-order valence-electron chi connectivity index (χ1n) is 15.9. The van der Waals surface area contributed by atoms with Crippen molar-refractivity contribution in [3.8, 4) is 0 Å². The van der Waals surface area contributed by atoms with Crippen LogP contribution < -0.4 is 21.3 Å². The molecule has 14 heteroatoms. The summed E-state index contributed by atoms with van der Waals surface area (Å²) in [5, 5.41) is 19.4. The van der Waals surface area contributed by atoms with Crippen molar-refractivity contribution in [3.05, 3.63) is 35.9 Å². The van der Waals surface area contributed by atoms with Crippen LogP contribution >= 0.6 is 0 Å². The summed E-state index contributed by atoms with van der Waals surface area (Å²) in [5.41, 5.74) is 0.334. The van der Waals surface area contributed by atoms with Gasteiger partial charge in [0.2, 0.25) is 23.5 Å². The predicted molar refractivity (Wildman–Crippen MR) is 165 cm³/mol. The summed E-state index contributed by atoms with van der Waals surface area (Å²) in [6.45, 7) is 3.64. The molecule has 1 unspecified atom stereocenters. The highest BCUT2D eigenvalue weighted by molar-refractivity contribution is 6.38. The molecule has 5 amide bonds. The number of hydrogen-bond acceptors (Lipinski definition) is 8. The standard InChI is InChI=1S/C32H45N5O9/c1-20(2)19-46-32(45)35-23-15-10-5-3-4-9-14-22(34-28(40)24-16-11-17-37(24)30(23)42)27(39)29(41)33-18-25(38)36-26(31(43)44)21-12-7-6-8-13-21/h6-8,12-13,20,22-24,26H,3-5,9-11,14-19H2,1-2H3,(H,33,41)(H,34,40)(H,35,45)(H,36,38)(H,43,44)/t22?,23-,24+,26+/m1/s1. The van der Waals surface area contributed by atoms with Crippen molar-refractivity contribution < 1.29 is 43.4 Å². The molecule has 0 radical (unpaired) electrons. The quantitative estimate of drug-likeness (QED) is 0.235. The number of aliphatic carboxylic acids is 1. The number of Topliss-reactive ketones (excluding diaryl/α,β-unsaturated/α-hetero) is 1. The first-order valence-corrected chi connectivity index (χ1v) is 15.9. The summed E-state index contributed by atoms with van der Waals surface area (Å²) in [7, 11) is 0. The molecular formula is C32H45N5O9. The first kappa shape index (κ1) is 36.0. The lowest BCUT2D eigenvalue weighted by Gasteiger charge is -2.30. The number of alkyl carbamates (subject to hydrolysis) is 1. The van der Waals surface area contributed by atoms with Gasteiger partial charge in [0.05, 0.1) is 19.2 Å². The van der Waals surface area contributed by atoms with Crippen molar-refractivity contribution in [2.75, 3.05) is 19.7 Å². The zero-order valence-corrected chi connectivity index (χ0v) is 26.4. The van der Waals surface area contributed by atoms with E-state index < -0.39 is 72.2 Å². The molecule has 2 fully saturated rings. The van der Waals surface area contributed by atoms with E-state index >= 15 is 0 Å². The molecule has 5 N–H and O–H groups in total. The number of carboxylic acid groups (broad SMARTS) is 1. The Balaban J connectivity index is 1.65. The molecule has 0 aliphatic carbocycles. The van der Waals surface area contributed by atoms with E-state index in [2.05, 4.69) is 21.3 Å². The maximum Gasteiger partial charge on any atom is 0.407 e. The number of fused-ring (bicyclic) bond motifs is 1. The number of ketones is 1. The fourth-order valence-corrected chi connectivity index (χ4v) is 5.50. The molecule has 2 heterocycles. The maximum absolute atomic E-state index is 13.6. The van der Waals surface area contributed by atoms with Gasteiger partial charge in [0.1, 0.15) is 12.1 Å². The van der Waals surface area contributed by atoms with E-state index in [1.807, 2.05) is 13.8 Å². The van der Waals surface area contributed by atoms with Crippen LogP contribution in [-0.4, -0.2) is 89.3 Å². The summed E-state index contributed by atoms with van der Waals surface area (Å²) in [6, 6.07) is 3.73. The van der Waals surface area contributed by atoms with Crippen molar-refractivity contribution in [1.29, 1.82) is 0 Å². The molecule has 0 spiro atoms. The largest absolute Gasteiger partial charge is 0.479 e. The number of carboxylic acids is 1. The number of ether oxygens (including phenoxy) is 1. The molecule has 2 aliphatic heterocycles. The Hall–Kier alpha value is -4.49. The van der Waals surface area contributed by atoms with Crippen molar-refractivity contribution >= 4 is 41.5 Å². The molecule has 252 valence electrons. The second-order valence-corrected chi connectivity index (χ2v) is 12.1. The average molecular weight is 644 g/mol. The molecule has 3 rings (SSSR count). The lowest BCUT2D eigenvalue weighted by Crippen LogP contribution is -2.56. The number of nitrogens with one attached hydrogen (secondary N) is 4. The van der Waals surface area contributed by atoms with Crippen molar-refractivity contribution in [2.24, 2.45) is 5.92 Å². The van der Waals surface area contributed by atoms with Crippen LogP contribution in [0.3, 0.4) is 0 Å². The highest BCUT2D eigenvalue weighted by Crippen LogP contribution is 2.22. The third-order valence-electron chi connectivity index (χ3n) is 7.91. The molecule has 4 atom stereocenters. The molecule has 46 heavy (non-hydrogen) atoms. The topological polar surface area (TPSA) is 200 Å². The van der Waals surface area contributed by atoms with E-state index in [4.69, 9.17) is 4.74 Å². The molecule has 0 saturated carbocycles.